The van der Waals surface area contributed by atoms with Crippen LogP contribution in [0.25, 0.3) is 11.1 Å². The van der Waals surface area contributed by atoms with Crippen LogP contribution in [0.3, 0.4) is 0 Å². The lowest BCUT2D eigenvalue weighted by molar-refractivity contribution is -0.136. The maximum absolute atomic E-state index is 12.6. The van der Waals surface area contributed by atoms with Crippen molar-refractivity contribution in [3.05, 3.63) is 42.3 Å². The quantitative estimate of drug-likeness (QED) is 0.791. The number of oxazole rings is 1. The Morgan fingerprint density at radius 3 is 2.70 bits per heavy atom. The topological polar surface area (TPSA) is 46.3 Å². The fourth-order valence-electron chi connectivity index (χ4n) is 3.69. The number of likely N-dealkylation sites (tertiary alicyclic amines) is 1. The van der Waals surface area contributed by atoms with Crippen molar-refractivity contribution in [2.24, 2.45) is 5.92 Å². The molecule has 2 heterocycles. The highest BCUT2D eigenvalue weighted by Gasteiger charge is 2.30. The number of carbonyl (C=O) groups is 1. The molecule has 0 N–H and O–H groups in total. The molecule has 1 aliphatic carbocycles. The third kappa shape index (κ3) is 2.90. The molecule has 0 spiro atoms. The van der Waals surface area contributed by atoms with Crippen molar-refractivity contribution < 1.29 is 9.21 Å². The average molecular weight is 310 g/mol. The Morgan fingerprint density at radius 2 is 1.96 bits per heavy atom. The molecule has 120 valence electrons. The van der Waals surface area contributed by atoms with Gasteiger partial charge >= 0.3 is 0 Å². The summed E-state index contributed by atoms with van der Waals surface area (Å²) in [4.78, 5) is 19.3. The van der Waals surface area contributed by atoms with E-state index in [9.17, 15) is 4.79 Å². The lowest BCUT2D eigenvalue weighted by Gasteiger charge is -2.33. The predicted molar refractivity (Wildman–Crippen MR) is 89.0 cm³/mol. The highest BCUT2D eigenvalue weighted by molar-refractivity contribution is 5.79. The molecule has 4 rings (SSSR count). The van der Waals surface area contributed by atoms with Gasteiger partial charge in [-0.15, -0.1) is 0 Å². The number of hydrogen-bond donors (Lipinski definition) is 0. The number of carbonyl (C=O) groups excluding carboxylic acids is 1. The molecule has 2 aromatic rings. The van der Waals surface area contributed by atoms with E-state index < -0.39 is 0 Å². The molecule has 2 aliphatic rings. The van der Waals surface area contributed by atoms with E-state index in [4.69, 9.17) is 4.42 Å². The molecule has 1 aromatic carbocycles. The van der Waals surface area contributed by atoms with Crippen LogP contribution in [0.15, 0.2) is 40.8 Å². The van der Waals surface area contributed by atoms with Crippen molar-refractivity contribution in [3.63, 3.8) is 0 Å². The first-order valence-corrected chi connectivity index (χ1v) is 8.60. The number of para-hydroxylation sites is 2. The van der Waals surface area contributed by atoms with Gasteiger partial charge in [-0.25, -0.2) is 4.98 Å². The lowest BCUT2D eigenvalue weighted by atomic mass is 9.91. The molecule has 4 heteroatoms. The van der Waals surface area contributed by atoms with Gasteiger partial charge < -0.3 is 9.32 Å². The summed E-state index contributed by atoms with van der Waals surface area (Å²) in [6.45, 7) is 1.64. The van der Waals surface area contributed by atoms with Crippen molar-refractivity contribution in [3.8, 4) is 0 Å². The fourth-order valence-corrected chi connectivity index (χ4v) is 3.69. The number of allylic oxidation sites excluding steroid dienone is 2. The molecule has 1 aromatic heterocycles. The minimum absolute atomic E-state index is 0.195. The van der Waals surface area contributed by atoms with Crippen molar-refractivity contribution >= 4 is 17.0 Å². The van der Waals surface area contributed by atoms with E-state index >= 15 is 0 Å². The van der Waals surface area contributed by atoms with E-state index in [2.05, 4.69) is 17.1 Å². The molecule has 1 aliphatic heterocycles. The van der Waals surface area contributed by atoms with E-state index in [1.807, 2.05) is 29.2 Å². The van der Waals surface area contributed by atoms with E-state index in [1.54, 1.807) is 0 Å². The number of amides is 1. The Morgan fingerprint density at radius 1 is 1.13 bits per heavy atom. The van der Waals surface area contributed by atoms with Gasteiger partial charge in [0.1, 0.15) is 5.52 Å². The summed E-state index contributed by atoms with van der Waals surface area (Å²) in [5.41, 5.74) is 1.78. The maximum atomic E-state index is 12.6. The lowest BCUT2D eigenvalue weighted by Crippen LogP contribution is -2.41. The van der Waals surface area contributed by atoms with Crippen molar-refractivity contribution in [1.29, 1.82) is 0 Å². The van der Waals surface area contributed by atoms with E-state index in [0.29, 0.717) is 11.8 Å². The number of hydrogen-bond acceptors (Lipinski definition) is 3. The normalized spacial score (nSPS) is 22.6. The third-order valence-electron chi connectivity index (χ3n) is 5.08. The summed E-state index contributed by atoms with van der Waals surface area (Å²) in [5, 5.41) is 0. The molecule has 0 radical (unpaired) electrons. The summed E-state index contributed by atoms with van der Waals surface area (Å²) in [6.07, 6.45) is 9.17. The second kappa shape index (κ2) is 6.19. The molecule has 1 atom stereocenters. The molecule has 1 unspecified atom stereocenters. The Bertz CT molecular complexity index is 693. The van der Waals surface area contributed by atoms with E-state index in [1.165, 1.54) is 0 Å². The van der Waals surface area contributed by atoms with Crippen LogP contribution in [0.5, 0.6) is 0 Å². The van der Waals surface area contributed by atoms with Gasteiger partial charge in [-0.05, 0) is 44.2 Å². The minimum Gasteiger partial charge on any atom is -0.440 e. The first-order valence-electron chi connectivity index (χ1n) is 8.60. The third-order valence-corrected chi connectivity index (χ3v) is 5.08. The Hall–Kier alpha value is -2.10. The summed E-state index contributed by atoms with van der Waals surface area (Å²) < 4.78 is 5.90. The van der Waals surface area contributed by atoms with Crippen molar-refractivity contribution in [1.82, 2.24) is 9.88 Å². The van der Waals surface area contributed by atoms with Gasteiger partial charge in [-0.1, -0.05) is 24.3 Å². The monoisotopic (exact) mass is 310 g/mol. The largest absolute Gasteiger partial charge is 0.440 e. The summed E-state index contributed by atoms with van der Waals surface area (Å²) in [5.74, 6) is 1.70. The molecule has 1 fully saturated rings. The second-order valence-electron chi connectivity index (χ2n) is 6.60. The zero-order valence-electron chi connectivity index (χ0n) is 13.3. The van der Waals surface area contributed by atoms with Crippen molar-refractivity contribution in [2.75, 3.05) is 13.1 Å². The Kier molecular flexibility index (Phi) is 3.90. The standard InChI is InChI=1S/C19H22N2O2/c22-19(15-6-2-1-3-7-15)21-12-10-14(11-13-21)18-20-16-8-4-5-9-17(16)23-18/h1-2,4-5,8-9,14-15H,3,6-7,10-13H2. The van der Waals surface area contributed by atoms with Gasteiger partial charge in [0.05, 0.1) is 0 Å². The van der Waals surface area contributed by atoms with Crippen LogP contribution in [-0.2, 0) is 4.79 Å². The molecular weight excluding hydrogens is 288 g/mol. The number of piperidine rings is 1. The Labute approximate surface area is 136 Å². The SMILES string of the molecule is O=C(C1CC=CCC1)N1CCC(c2nc3ccccc3o2)CC1. The van der Waals surface area contributed by atoms with E-state index in [-0.39, 0.29) is 5.92 Å². The maximum Gasteiger partial charge on any atom is 0.226 e. The molecule has 1 amide bonds. The van der Waals surface area contributed by atoms with Crippen LogP contribution < -0.4 is 0 Å². The van der Waals surface area contributed by atoms with Gasteiger partial charge in [0, 0.05) is 24.9 Å². The minimum atomic E-state index is 0.195. The number of nitrogens with zero attached hydrogens (tertiary/aromatic N) is 2. The smallest absolute Gasteiger partial charge is 0.226 e. The zero-order valence-corrected chi connectivity index (χ0v) is 13.3. The summed E-state index contributed by atoms with van der Waals surface area (Å²) in [6, 6.07) is 7.89. The molecule has 1 saturated heterocycles. The molecule has 23 heavy (non-hydrogen) atoms. The molecule has 0 bridgehead atoms. The van der Waals surface area contributed by atoms with Crippen LogP contribution in [0.4, 0.5) is 0 Å². The number of aromatic nitrogens is 1. The second-order valence-corrected chi connectivity index (χ2v) is 6.60. The summed E-state index contributed by atoms with van der Waals surface area (Å²) >= 11 is 0. The van der Waals surface area contributed by atoms with Gasteiger partial charge in [0.2, 0.25) is 5.91 Å². The van der Waals surface area contributed by atoms with Gasteiger partial charge in [-0.3, -0.25) is 4.79 Å². The van der Waals surface area contributed by atoms with Crippen molar-refractivity contribution in [2.45, 2.75) is 38.0 Å². The van der Waals surface area contributed by atoms with Gasteiger partial charge in [0.15, 0.2) is 11.5 Å². The molecule has 0 saturated carbocycles. The number of rotatable bonds is 2. The van der Waals surface area contributed by atoms with Crippen LogP contribution in [0.1, 0.15) is 43.9 Å². The number of benzene rings is 1. The molecular formula is C19H22N2O2. The van der Waals surface area contributed by atoms with Gasteiger partial charge in [0.25, 0.3) is 0 Å². The van der Waals surface area contributed by atoms with Gasteiger partial charge in [-0.2, -0.15) is 0 Å². The van der Waals surface area contributed by atoms with Crippen LogP contribution >= 0.6 is 0 Å². The van der Waals surface area contributed by atoms with Crippen LogP contribution in [0.2, 0.25) is 0 Å². The van der Waals surface area contributed by atoms with Crippen LogP contribution in [0, 0.1) is 5.92 Å². The first-order chi connectivity index (χ1) is 11.3. The molecule has 4 nitrogen and oxygen atoms in total. The summed E-state index contributed by atoms with van der Waals surface area (Å²) in [7, 11) is 0. The average Bonchev–Trinajstić information content (AvgIpc) is 3.06. The predicted octanol–water partition coefficient (Wildman–Crippen LogP) is 3.89. The first kappa shape index (κ1) is 14.5. The highest BCUT2D eigenvalue weighted by Crippen LogP contribution is 2.31. The highest BCUT2D eigenvalue weighted by atomic mass is 16.3. The van der Waals surface area contributed by atoms with Crippen LogP contribution in [-0.4, -0.2) is 28.9 Å². The Balaban J connectivity index is 1.40. The zero-order chi connectivity index (χ0) is 15.6. The number of fused-ring (bicyclic) bond motifs is 1. The fraction of sp³-hybridized carbons (Fsp3) is 0.474. The van der Waals surface area contributed by atoms with E-state index in [0.717, 1.165) is 62.2 Å².